The van der Waals surface area contributed by atoms with Crippen molar-refractivity contribution in [2.75, 3.05) is 13.1 Å². The zero-order chi connectivity index (χ0) is 15.0. The number of hydrogen-bond donors (Lipinski definition) is 1. The van der Waals surface area contributed by atoms with Gasteiger partial charge < -0.3 is 10.5 Å². The van der Waals surface area contributed by atoms with E-state index in [1.165, 1.54) is 4.88 Å². The van der Waals surface area contributed by atoms with Crippen molar-refractivity contribution in [3.8, 4) is 0 Å². The predicted octanol–water partition coefficient (Wildman–Crippen LogP) is 3.10. The molecule has 2 N–H and O–H groups in total. The van der Waals surface area contributed by atoms with Crippen LogP contribution in [0.2, 0.25) is 0 Å². The molecule has 0 aromatic carbocycles. The summed E-state index contributed by atoms with van der Waals surface area (Å²) in [5.74, 6) is 0.359. The lowest BCUT2D eigenvalue weighted by molar-refractivity contribution is -0.0785. The highest BCUT2D eigenvalue weighted by atomic mass is 32.1. The lowest BCUT2D eigenvalue weighted by Crippen LogP contribution is -2.48. The highest BCUT2D eigenvalue weighted by molar-refractivity contribution is 7.09. The van der Waals surface area contributed by atoms with E-state index in [1.807, 2.05) is 11.3 Å². The summed E-state index contributed by atoms with van der Waals surface area (Å²) in [5.41, 5.74) is 6.06. The van der Waals surface area contributed by atoms with Gasteiger partial charge in [-0.1, -0.05) is 13.0 Å². The summed E-state index contributed by atoms with van der Waals surface area (Å²) in [6.07, 6.45) is 0. The molecule has 0 bridgehead atoms. The molecule has 2 rings (SSSR count). The maximum atomic E-state index is 6.46. The molecule has 2 atom stereocenters. The summed E-state index contributed by atoms with van der Waals surface area (Å²) in [6.45, 7) is 13.8. The molecule has 3 nitrogen and oxygen atoms in total. The third kappa shape index (κ3) is 3.25. The minimum Gasteiger partial charge on any atom is -0.368 e. The van der Waals surface area contributed by atoms with Gasteiger partial charge in [0.1, 0.15) is 0 Å². The second kappa shape index (κ2) is 5.76. The van der Waals surface area contributed by atoms with Gasteiger partial charge in [-0.25, -0.2) is 0 Å². The van der Waals surface area contributed by atoms with Gasteiger partial charge in [-0.2, -0.15) is 0 Å². The third-order valence-corrected chi connectivity index (χ3v) is 5.38. The first kappa shape index (κ1) is 16.0. The number of ether oxygens (including phenoxy) is 1. The predicted molar refractivity (Wildman–Crippen MR) is 86.0 cm³/mol. The fourth-order valence-electron chi connectivity index (χ4n) is 3.28. The number of rotatable bonds is 5. The fraction of sp³-hybridized carbons (Fsp3) is 0.750. The van der Waals surface area contributed by atoms with Crippen LogP contribution >= 0.6 is 11.3 Å². The molecule has 1 aliphatic rings. The smallest absolute Gasteiger partial charge is 0.0788 e. The van der Waals surface area contributed by atoms with Crippen LogP contribution in [0.25, 0.3) is 0 Å². The maximum absolute atomic E-state index is 6.46. The van der Waals surface area contributed by atoms with Crippen molar-refractivity contribution in [2.45, 2.75) is 58.4 Å². The summed E-state index contributed by atoms with van der Waals surface area (Å²) in [6, 6.07) is 4.40. The normalized spacial score (nSPS) is 28.1. The van der Waals surface area contributed by atoms with Crippen molar-refractivity contribution >= 4 is 11.3 Å². The molecular formula is C16H28N2OS. The van der Waals surface area contributed by atoms with Crippen molar-refractivity contribution in [3.05, 3.63) is 22.4 Å². The number of thiophene rings is 1. The Kier molecular flexibility index (Phi) is 4.59. The molecule has 20 heavy (non-hydrogen) atoms. The highest BCUT2D eigenvalue weighted by Gasteiger charge is 2.52. The minimum absolute atomic E-state index is 0.0786. The van der Waals surface area contributed by atoms with Gasteiger partial charge in [-0.15, -0.1) is 11.3 Å². The fourth-order valence-corrected chi connectivity index (χ4v) is 4.02. The Hall–Kier alpha value is -0.420. The molecule has 0 spiro atoms. The molecule has 0 radical (unpaired) electrons. The van der Waals surface area contributed by atoms with E-state index in [0.717, 1.165) is 19.6 Å². The van der Waals surface area contributed by atoms with E-state index in [-0.39, 0.29) is 17.2 Å². The first-order valence-corrected chi connectivity index (χ1v) is 8.34. The Balaban J connectivity index is 2.06. The van der Waals surface area contributed by atoms with Crippen molar-refractivity contribution in [2.24, 2.45) is 11.7 Å². The first-order valence-electron chi connectivity index (χ1n) is 7.47. The van der Waals surface area contributed by atoms with E-state index >= 15 is 0 Å². The van der Waals surface area contributed by atoms with Crippen molar-refractivity contribution in [3.63, 3.8) is 0 Å². The van der Waals surface area contributed by atoms with E-state index in [2.05, 4.69) is 57.0 Å². The Morgan fingerprint density at radius 1 is 1.30 bits per heavy atom. The molecule has 114 valence electrons. The van der Waals surface area contributed by atoms with E-state index in [0.29, 0.717) is 5.92 Å². The van der Waals surface area contributed by atoms with Gasteiger partial charge >= 0.3 is 0 Å². The van der Waals surface area contributed by atoms with Crippen LogP contribution in [0.1, 0.15) is 39.5 Å². The van der Waals surface area contributed by atoms with Gasteiger partial charge in [-0.05, 0) is 45.7 Å². The summed E-state index contributed by atoms with van der Waals surface area (Å²) < 4.78 is 6.19. The van der Waals surface area contributed by atoms with Gasteiger partial charge in [0.2, 0.25) is 0 Å². The van der Waals surface area contributed by atoms with Crippen molar-refractivity contribution in [1.29, 1.82) is 0 Å². The van der Waals surface area contributed by atoms with Crippen LogP contribution in [-0.4, -0.2) is 35.2 Å². The van der Waals surface area contributed by atoms with E-state index in [9.17, 15) is 0 Å². The monoisotopic (exact) mass is 296 g/mol. The van der Waals surface area contributed by atoms with E-state index < -0.39 is 0 Å². The largest absolute Gasteiger partial charge is 0.368 e. The summed E-state index contributed by atoms with van der Waals surface area (Å²) in [7, 11) is 0. The lowest BCUT2D eigenvalue weighted by atomic mass is 9.82. The summed E-state index contributed by atoms with van der Waals surface area (Å²) in [4.78, 5) is 3.89. The van der Waals surface area contributed by atoms with Crippen LogP contribution in [0.15, 0.2) is 17.5 Å². The molecule has 1 fully saturated rings. The molecule has 2 heterocycles. The van der Waals surface area contributed by atoms with Crippen LogP contribution in [0, 0.1) is 5.92 Å². The Morgan fingerprint density at radius 2 is 2.00 bits per heavy atom. The highest BCUT2D eigenvalue weighted by Crippen LogP contribution is 2.41. The van der Waals surface area contributed by atoms with Crippen molar-refractivity contribution in [1.82, 2.24) is 4.90 Å². The van der Waals surface area contributed by atoms with Gasteiger partial charge in [0, 0.05) is 29.9 Å². The topological polar surface area (TPSA) is 38.5 Å². The molecule has 2 unspecified atom stereocenters. The first-order chi connectivity index (χ1) is 9.26. The molecule has 0 aliphatic carbocycles. The second-order valence-electron chi connectivity index (χ2n) is 6.85. The number of nitrogens with two attached hydrogens (primary N) is 1. The zero-order valence-corrected chi connectivity index (χ0v) is 14.2. The maximum Gasteiger partial charge on any atom is 0.0788 e. The quantitative estimate of drug-likeness (QED) is 0.907. The minimum atomic E-state index is -0.240. The second-order valence-corrected chi connectivity index (χ2v) is 7.88. The SMILES string of the molecule is CCN(Cc1cccs1)CC1C(N)C(C)(C)OC1(C)C. The van der Waals surface area contributed by atoms with Gasteiger partial charge in [0.05, 0.1) is 11.2 Å². The van der Waals surface area contributed by atoms with Crippen LogP contribution in [-0.2, 0) is 11.3 Å². The Labute approximate surface area is 127 Å². The lowest BCUT2D eigenvalue weighted by Gasteiger charge is -2.32. The number of hydrogen-bond acceptors (Lipinski definition) is 4. The standard InChI is InChI=1S/C16H28N2OS/c1-6-18(10-12-8-7-9-20-12)11-13-14(17)16(4,5)19-15(13,2)3/h7-9,13-14H,6,10-11,17H2,1-5H3. The zero-order valence-electron chi connectivity index (χ0n) is 13.3. The molecule has 1 aromatic rings. The van der Waals surface area contributed by atoms with Gasteiger partial charge in [0.25, 0.3) is 0 Å². The molecule has 0 amide bonds. The van der Waals surface area contributed by atoms with E-state index in [4.69, 9.17) is 10.5 Å². The molecule has 1 aromatic heterocycles. The summed E-state index contributed by atoms with van der Waals surface area (Å²) >= 11 is 1.82. The van der Waals surface area contributed by atoms with Crippen LogP contribution in [0.3, 0.4) is 0 Å². The van der Waals surface area contributed by atoms with Crippen LogP contribution in [0.5, 0.6) is 0 Å². The van der Waals surface area contributed by atoms with Crippen LogP contribution in [0.4, 0.5) is 0 Å². The third-order valence-electron chi connectivity index (χ3n) is 4.52. The molecule has 1 aliphatic heterocycles. The van der Waals surface area contributed by atoms with Crippen molar-refractivity contribution < 1.29 is 4.74 Å². The van der Waals surface area contributed by atoms with E-state index in [1.54, 1.807) is 0 Å². The number of nitrogens with zero attached hydrogens (tertiary/aromatic N) is 1. The molecule has 1 saturated heterocycles. The average Bonchev–Trinajstić information content (AvgIpc) is 2.88. The summed E-state index contributed by atoms with van der Waals surface area (Å²) in [5, 5.41) is 2.14. The molecule has 0 saturated carbocycles. The van der Waals surface area contributed by atoms with Gasteiger partial charge in [-0.3, -0.25) is 4.90 Å². The van der Waals surface area contributed by atoms with Crippen LogP contribution < -0.4 is 5.73 Å². The average molecular weight is 296 g/mol. The Bertz CT molecular complexity index is 428. The molecular weight excluding hydrogens is 268 g/mol. The molecule has 4 heteroatoms. The van der Waals surface area contributed by atoms with Gasteiger partial charge in [0.15, 0.2) is 0 Å². The Morgan fingerprint density at radius 3 is 2.45 bits per heavy atom.